The second kappa shape index (κ2) is 7.82. The first-order valence-corrected chi connectivity index (χ1v) is 10.8. The summed E-state index contributed by atoms with van der Waals surface area (Å²) in [6.45, 7) is 0.592. The molecule has 0 aromatic heterocycles. The zero-order valence-electron chi connectivity index (χ0n) is 13.9. The van der Waals surface area contributed by atoms with Crippen LogP contribution in [0.5, 0.6) is 0 Å². The van der Waals surface area contributed by atoms with Gasteiger partial charge >= 0.3 is 0 Å². The quantitative estimate of drug-likeness (QED) is 0.835. The molecule has 1 aliphatic carbocycles. The van der Waals surface area contributed by atoms with Gasteiger partial charge in [0.05, 0.1) is 10.9 Å². The van der Waals surface area contributed by atoms with E-state index in [2.05, 4.69) is 5.32 Å². The van der Waals surface area contributed by atoms with E-state index >= 15 is 0 Å². The monoisotopic (exact) mass is 404 g/mol. The molecule has 5 nitrogen and oxygen atoms in total. The Hall–Kier alpha value is -0.820. The summed E-state index contributed by atoms with van der Waals surface area (Å²) in [4.78, 5) is 12.5. The first-order chi connectivity index (χ1) is 11.9. The van der Waals surface area contributed by atoms with Gasteiger partial charge in [-0.05, 0) is 43.9 Å². The summed E-state index contributed by atoms with van der Waals surface area (Å²) in [5.41, 5.74) is 0. The smallest absolute Gasteiger partial charge is 0.244 e. The summed E-state index contributed by atoms with van der Waals surface area (Å²) in [5.74, 6) is -0.343. The van der Waals surface area contributed by atoms with Crippen molar-refractivity contribution in [3.63, 3.8) is 0 Å². The maximum Gasteiger partial charge on any atom is 0.244 e. The van der Waals surface area contributed by atoms with Crippen LogP contribution in [0.25, 0.3) is 0 Å². The summed E-state index contributed by atoms with van der Waals surface area (Å²) in [6.07, 6.45) is 5.68. The van der Waals surface area contributed by atoms with Crippen LogP contribution in [0.3, 0.4) is 0 Å². The number of nitrogens with one attached hydrogen (secondary N) is 1. The van der Waals surface area contributed by atoms with E-state index < -0.39 is 10.0 Å². The van der Waals surface area contributed by atoms with Crippen LogP contribution in [-0.4, -0.2) is 37.8 Å². The van der Waals surface area contributed by atoms with E-state index in [0.717, 1.165) is 25.7 Å². The Morgan fingerprint density at radius 2 is 1.84 bits per heavy atom. The number of carbonyl (C=O) groups excluding carboxylic acids is 1. The minimum atomic E-state index is -3.74. The first-order valence-electron chi connectivity index (χ1n) is 8.63. The van der Waals surface area contributed by atoms with Crippen LogP contribution in [0.1, 0.15) is 38.5 Å². The number of benzene rings is 1. The van der Waals surface area contributed by atoms with Gasteiger partial charge in [-0.25, -0.2) is 8.42 Å². The molecule has 1 N–H and O–H groups in total. The van der Waals surface area contributed by atoms with Gasteiger partial charge in [-0.15, -0.1) is 0 Å². The van der Waals surface area contributed by atoms with Gasteiger partial charge in [0.1, 0.15) is 4.90 Å². The number of nitrogens with zero attached hydrogens (tertiary/aromatic N) is 1. The zero-order chi connectivity index (χ0) is 18.0. The van der Waals surface area contributed by atoms with Crippen LogP contribution in [-0.2, 0) is 14.8 Å². The lowest BCUT2D eigenvalue weighted by atomic mass is 9.98. The van der Waals surface area contributed by atoms with Gasteiger partial charge in [-0.3, -0.25) is 4.79 Å². The number of hydrogen-bond acceptors (Lipinski definition) is 3. The number of carbonyl (C=O) groups is 1. The summed E-state index contributed by atoms with van der Waals surface area (Å²) >= 11 is 11.9. The number of rotatable bonds is 4. The Balaban J connectivity index is 1.72. The summed E-state index contributed by atoms with van der Waals surface area (Å²) < 4.78 is 27.2. The Labute approximate surface area is 158 Å². The highest BCUT2D eigenvalue weighted by atomic mass is 35.5. The predicted molar refractivity (Wildman–Crippen MR) is 98.3 cm³/mol. The van der Waals surface area contributed by atoms with Crippen molar-refractivity contribution in [2.75, 3.05) is 13.1 Å². The number of amides is 1. The minimum absolute atomic E-state index is 0.0333. The van der Waals surface area contributed by atoms with E-state index in [9.17, 15) is 13.2 Å². The van der Waals surface area contributed by atoms with Gasteiger partial charge in [0, 0.05) is 24.2 Å². The molecule has 1 heterocycles. The highest BCUT2D eigenvalue weighted by molar-refractivity contribution is 7.89. The molecule has 1 aromatic rings. The Kier molecular flexibility index (Phi) is 5.93. The van der Waals surface area contributed by atoms with Crippen LogP contribution in [0.2, 0.25) is 10.0 Å². The van der Waals surface area contributed by atoms with Crippen molar-refractivity contribution < 1.29 is 13.2 Å². The number of sulfonamides is 1. The number of hydrogen-bond donors (Lipinski definition) is 1. The van der Waals surface area contributed by atoms with Crippen molar-refractivity contribution in [3.05, 3.63) is 28.2 Å². The highest BCUT2D eigenvalue weighted by Gasteiger charge is 2.35. The van der Waals surface area contributed by atoms with Crippen molar-refractivity contribution in [3.8, 4) is 0 Å². The fourth-order valence-electron chi connectivity index (χ4n) is 3.59. The Bertz CT molecular complexity index is 748. The molecule has 1 aliphatic heterocycles. The van der Waals surface area contributed by atoms with Crippen molar-refractivity contribution in [2.45, 2.75) is 49.5 Å². The summed E-state index contributed by atoms with van der Waals surface area (Å²) in [6, 6.07) is 4.59. The molecule has 25 heavy (non-hydrogen) atoms. The minimum Gasteiger partial charge on any atom is -0.353 e. The molecule has 2 fully saturated rings. The largest absolute Gasteiger partial charge is 0.353 e. The highest BCUT2D eigenvalue weighted by Crippen LogP contribution is 2.30. The molecular weight excluding hydrogens is 383 g/mol. The normalized spacial score (nSPS) is 22.9. The fourth-order valence-corrected chi connectivity index (χ4v) is 5.86. The van der Waals surface area contributed by atoms with Crippen LogP contribution >= 0.6 is 23.2 Å². The third kappa shape index (κ3) is 4.30. The third-order valence-corrected chi connectivity index (χ3v) is 7.55. The van der Waals surface area contributed by atoms with E-state index in [4.69, 9.17) is 23.2 Å². The number of piperidine rings is 1. The molecular formula is C17H22Cl2N2O3S. The Morgan fingerprint density at radius 1 is 1.12 bits per heavy atom. The topological polar surface area (TPSA) is 66.5 Å². The molecule has 1 atom stereocenters. The van der Waals surface area contributed by atoms with Crippen molar-refractivity contribution >= 4 is 39.1 Å². The van der Waals surface area contributed by atoms with E-state index in [1.165, 1.54) is 22.5 Å². The third-order valence-electron chi connectivity index (χ3n) is 4.97. The van der Waals surface area contributed by atoms with Crippen LogP contribution in [0, 0.1) is 5.92 Å². The maximum atomic E-state index is 12.9. The lowest BCUT2D eigenvalue weighted by molar-refractivity contribution is -0.126. The van der Waals surface area contributed by atoms with Gasteiger partial charge in [-0.2, -0.15) is 4.31 Å². The fraction of sp³-hybridized carbons (Fsp3) is 0.588. The molecule has 1 saturated heterocycles. The van der Waals surface area contributed by atoms with Crippen LogP contribution in [0.15, 0.2) is 23.1 Å². The SMILES string of the molecule is O=C(NC1CCCC1)[C@H]1CCCN(S(=O)(=O)c2ccc(Cl)cc2Cl)C1. The molecule has 0 bridgehead atoms. The summed E-state index contributed by atoms with van der Waals surface area (Å²) in [7, 11) is -3.74. The van der Waals surface area contributed by atoms with E-state index in [1.807, 2.05) is 0 Å². The number of halogens is 2. The molecule has 0 unspecified atom stereocenters. The molecule has 8 heteroatoms. The lowest BCUT2D eigenvalue weighted by Gasteiger charge is -2.32. The van der Waals surface area contributed by atoms with Gasteiger partial charge in [0.15, 0.2) is 0 Å². The van der Waals surface area contributed by atoms with E-state index in [-0.39, 0.29) is 34.3 Å². The molecule has 0 radical (unpaired) electrons. The first kappa shape index (κ1) is 19.0. The molecule has 3 rings (SSSR count). The molecule has 1 aromatic carbocycles. The van der Waals surface area contributed by atoms with Gasteiger partial charge < -0.3 is 5.32 Å². The van der Waals surface area contributed by atoms with Crippen molar-refractivity contribution in [1.29, 1.82) is 0 Å². The van der Waals surface area contributed by atoms with Gasteiger partial charge in [-0.1, -0.05) is 36.0 Å². The second-order valence-corrected chi connectivity index (χ2v) is 9.52. The maximum absolute atomic E-state index is 12.9. The zero-order valence-corrected chi connectivity index (χ0v) is 16.2. The van der Waals surface area contributed by atoms with Crippen LogP contribution in [0.4, 0.5) is 0 Å². The van der Waals surface area contributed by atoms with E-state index in [1.54, 1.807) is 0 Å². The average Bonchev–Trinajstić information content (AvgIpc) is 3.07. The molecule has 0 spiro atoms. The molecule has 138 valence electrons. The van der Waals surface area contributed by atoms with Crippen molar-refractivity contribution in [2.24, 2.45) is 5.92 Å². The van der Waals surface area contributed by atoms with Crippen molar-refractivity contribution in [1.82, 2.24) is 9.62 Å². The van der Waals surface area contributed by atoms with Gasteiger partial charge in [0.25, 0.3) is 0 Å². The average molecular weight is 405 g/mol. The second-order valence-electron chi connectivity index (χ2n) is 6.77. The molecule has 2 aliphatic rings. The summed E-state index contributed by atoms with van der Waals surface area (Å²) in [5, 5.41) is 3.56. The molecule has 1 saturated carbocycles. The van der Waals surface area contributed by atoms with Gasteiger partial charge in [0.2, 0.25) is 15.9 Å². The predicted octanol–water partition coefficient (Wildman–Crippen LogP) is 3.45. The lowest BCUT2D eigenvalue weighted by Crippen LogP contribution is -2.47. The standard InChI is InChI=1S/C17H22Cl2N2O3S/c18-13-7-8-16(15(19)10-13)25(23,24)21-9-3-4-12(11-21)17(22)20-14-5-1-2-6-14/h7-8,10,12,14H,1-6,9,11H2,(H,20,22)/t12-/m0/s1. The van der Waals surface area contributed by atoms with Crippen LogP contribution < -0.4 is 5.32 Å². The Morgan fingerprint density at radius 3 is 2.52 bits per heavy atom. The molecule has 1 amide bonds. The van der Waals surface area contributed by atoms with E-state index in [0.29, 0.717) is 24.4 Å².